The maximum Gasteiger partial charge on any atom is 0.416 e. The first kappa shape index (κ1) is 26.2. The Morgan fingerprint density at radius 1 is 1.05 bits per heavy atom. The molecule has 0 fully saturated rings. The molecule has 0 spiro atoms. The van der Waals surface area contributed by atoms with E-state index in [1.54, 1.807) is 0 Å². The molecule has 7 nitrogen and oxygen atoms in total. The van der Waals surface area contributed by atoms with Crippen molar-refractivity contribution < 1.29 is 27.5 Å². The molecule has 1 aromatic heterocycles. The first-order valence-corrected chi connectivity index (χ1v) is 11.7. The molecule has 10 heteroatoms. The highest BCUT2D eigenvalue weighted by atomic mass is 19.4. The van der Waals surface area contributed by atoms with Gasteiger partial charge in [0.1, 0.15) is 6.54 Å². The van der Waals surface area contributed by atoms with Gasteiger partial charge in [0.25, 0.3) is 11.8 Å². The molecule has 0 aliphatic carbocycles. The third-order valence-corrected chi connectivity index (χ3v) is 6.23. The van der Waals surface area contributed by atoms with E-state index in [4.69, 9.17) is 4.74 Å². The maximum atomic E-state index is 13.6. The molecule has 1 aliphatic heterocycles. The second-order valence-electron chi connectivity index (χ2n) is 8.71. The van der Waals surface area contributed by atoms with E-state index >= 15 is 0 Å². The molecule has 0 N–H and O–H groups in total. The lowest BCUT2D eigenvalue weighted by Gasteiger charge is -2.27. The summed E-state index contributed by atoms with van der Waals surface area (Å²) in [6.07, 6.45) is -2.11. The van der Waals surface area contributed by atoms with Crippen molar-refractivity contribution in [1.82, 2.24) is 14.5 Å². The van der Waals surface area contributed by atoms with E-state index in [0.29, 0.717) is 6.42 Å². The highest BCUT2D eigenvalue weighted by molar-refractivity contribution is 6.02. The molecular weight excluding hydrogens is 485 g/mol. The van der Waals surface area contributed by atoms with Gasteiger partial charge in [0.15, 0.2) is 0 Å². The van der Waals surface area contributed by atoms with Gasteiger partial charge in [-0.15, -0.1) is 0 Å². The van der Waals surface area contributed by atoms with Crippen molar-refractivity contribution in [2.24, 2.45) is 12.1 Å². The van der Waals surface area contributed by atoms with E-state index in [-0.39, 0.29) is 31.3 Å². The summed E-state index contributed by atoms with van der Waals surface area (Å²) in [5.74, 6) is -0.976. The average Bonchev–Trinajstić information content (AvgIpc) is 3.52. The van der Waals surface area contributed by atoms with Crippen LogP contribution in [0.15, 0.2) is 78.0 Å². The topological polar surface area (TPSA) is 67.1 Å². The van der Waals surface area contributed by atoms with E-state index in [2.05, 4.69) is 5.10 Å². The number of alkyl halides is 3. The lowest BCUT2D eigenvalue weighted by atomic mass is 10.0. The van der Waals surface area contributed by atoms with Crippen molar-refractivity contribution in [3.8, 4) is 0 Å². The van der Waals surface area contributed by atoms with E-state index < -0.39 is 23.6 Å². The summed E-state index contributed by atoms with van der Waals surface area (Å²) in [5, 5.41) is 6.04. The molecule has 37 heavy (non-hydrogen) atoms. The number of carbonyl (C=O) groups excluding carboxylic acids is 2. The summed E-state index contributed by atoms with van der Waals surface area (Å²) < 4.78 is 45.9. The standard InChI is InChI=1S/C27H27F3N4O3/c1-32-14-6-9-23(32)22-17-24(19-7-4-3-5-8-19)34(31-22)25(35)18-33(15-16-37-2)26(36)20-10-12-21(13-11-20)27(28,29)30/h3-14,24H,15-18H2,1-2H3/t24-/m0/s1. The van der Waals surface area contributed by atoms with Crippen molar-refractivity contribution in [2.45, 2.75) is 18.6 Å². The quantitative estimate of drug-likeness (QED) is 0.446. The number of hydrazone groups is 1. The van der Waals surface area contributed by atoms with Crippen molar-refractivity contribution in [3.05, 3.63) is 95.3 Å². The van der Waals surface area contributed by atoms with E-state index in [1.807, 2.05) is 60.3 Å². The number of aromatic nitrogens is 1. The molecular formula is C27H27F3N4O3. The third-order valence-electron chi connectivity index (χ3n) is 6.23. The molecule has 2 heterocycles. The zero-order chi connectivity index (χ0) is 26.6. The number of ether oxygens (including phenoxy) is 1. The van der Waals surface area contributed by atoms with Crippen LogP contribution in [-0.2, 0) is 22.8 Å². The van der Waals surface area contributed by atoms with Crippen LogP contribution in [0, 0.1) is 0 Å². The van der Waals surface area contributed by atoms with Crippen molar-refractivity contribution in [1.29, 1.82) is 0 Å². The van der Waals surface area contributed by atoms with Crippen LogP contribution in [0.2, 0.25) is 0 Å². The van der Waals surface area contributed by atoms with Crippen molar-refractivity contribution in [3.63, 3.8) is 0 Å². The first-order chi connectivity index (χ1) is 17.7. The third kappa shape index (κ3) is 5.91. The number of rotatable bonds is 8. The van der Waals surface area contributed by atoms with Crippen LogP contribution in [0.3, 0.4) is 0 Å². The first-order valence-electron chi connectivity index (χ1n) is 11.7. The second-order valence-corrected chi connectivity index (χ2v) is 8.71. The Bertz CT molecular complexity index is 1270. The largest absolute Gasteiger partial charge is 0.416 e. The Balaban J connectivity index is 1.59. The summed E-state index contributed by atoms with van der Waals surface area (Å²) in [6, 6.07) is 16.9. The summed E-state index contributed by atoms with van der Waals surface area (Å²) in [6.45, 7) is -0.0730. The van der Waals surface area contributed by atoms with Gasteiger partial charge in [0.05, 0.1) is 29.6 Å². The van der Waals surface area contributed by atoms with Crippen LogP contribution in [0.5, 0.6) is 0 Å². The zero-order valence-corrected chi connectivity index (χ0v) is 20.5. The van der Waals surface area contributed by atoms with Crippen LogP contribution in [-0.4, -0.2) is 58.8 Å². The second kappa shape index (κ2) is 11.0. The molecule has 0 saturated heterocycles. The Kier molecular flexibility index (Phi) is 7.77. The van der Waals surface area contributed by atoms with Gasteiger partial charge >= 0.3 is 6.18 Å². The Hall–Kier alpha value is -3.92. The molecule has 2 amide bonds. The lowest BCUT2D eigenvalue weighted by molar-refractivity contribution is -0.137. The number of benzene rings is 2. The van der Waals surface area contributed by atoms with Crippen molar-refractivity contribution >= 4 is 17.5 Å². The fourth-order valence-electron chi connectivity index (χ4n) is 4.26. The van der Waals surface area contributed by atoms with Crippen LogP contribution < -0.4 is 0 Å². The molecule has 3 aromatic rings. The predicted octanol–water partition coefficient (Wildman–Crippen LogP) is 4.51. The number of hydrogen-bond donors (Lipinski definition) is 0. The van der Waals surface area contributed by atoms with Crippen LogP contribution >= 0.6 is 0 Å². The summed E-state index contributed by atoms with van der Waals surface area (Å²) in [4.78, 5) is 28.0. The number of amides is 2. The van der Waals surface area contributed by atoms with Gasteiger partial charge < -0.3 is 14.2 Å². The van der Waals surface area contributed by atoms with Gasteiger partial charge in [-0.3, -0.25) is 9.59 Å². The van der Waals surface area contributed by atoms with Gasteiger partial charge in [0, 0.05) is 38.9 Å². The van der Waals surface area contributed by atoms with Gasteiger partial charge in [-0.1, -0.05) is 30.3 Å². The number of hydrogen-bond acceptors (Lipinski definition) is 4. The monoisotopic (exact) mass is 512 g/mol. The minimum absolute atomic E-state index is 0.0472. The minimum atomic E-state index is -4.51. The van der Waals surface area contributed by atoms with Crippen molar-refractivity contribution in [2.75, 3.05) is 26.8 Å². The highest BCUT2D eigenvalue weighted by Crippen LogP contribution is 2.33. The normalized spacial score (nSPS) is 15.5. The molecule has 4 rings (SSSR count). The fourth-order valence-corrected chi connectivity index (χ4v) is 4.26. The SMILES string of the molecule is COCCN(CC(=O)N1N=C(c2cccn2C)C[C@H]1c1ccccc1)C(=O)c1ccc(C(F)(F)F)cc1. The number of aryl methyl sites for hydroxylation is 1. The lowest BCUT2D eigenvalue weighted by Crippen LogP contribution is -2.42. The summed E-state index contributed by atoms with van der Waals surface area (Å²) >= 11 is 0. The van der Waals surface area contributed by atoms with E-state index in [1.165, 1.54) is 17.0 Å². The van der Waals surface area contributed by atoms with Gasteiger partial charge in [0.2, 0.25) is 0 Å². The Morgan fingerprint density at radius 2 is 1.76 bits per heavy atom. The Labute approximate surface area is 212 Å². The summed E-state index contributed by atoms with van der Waals surface area (Å²) in [5.41, 5.74) is 1.72. The van der Waals surface area contributed by atoms with Crippen LogP contribution in [0.4, 0.5) is 13.2 Å². The average molecular weight is 513 g/mol. The smallest absolute Gasteiger partial charge is 0.383 e. The Morgan fingerprint density at radius 3 is 2.35 bits per heavy atom. The minimum Gasteiger partial charge on any atom is -0.383 e. The maximum absolute atomic E-state index is 13.6. The number of nitrogens with zero attached hydrogens (tertiary/aromatic N) is 4. The van der Waals surface area contributed by atoms with Gasteiger partial charge in [-0.05, 0) is 42.0 Å². The van der Waals surface area contributed by atoms with E-state index in [0.717, 1.165) is 41.2 Å². The molecule has 0 bridgehead atoms. The van der Waals surface area contributed by atoms with Crippen LogP contribution in [0.1, 0.15) is 39.6 Å². The van der Waals surface area contributed by atoms with Crippen LogP contribution in [0.25, 0.3) is 0 Å². The van der Waals surface area contributed by atoms with Gasteiger partial charge in [-0.2, -0.15) is 18.3 Å². The zero-order valence-electron chi connectivity index (χ0n) is 20.5. The van der Waals surface area contributed by atoms with Gasteiger partial charge in [-0.25, -0.2) is 5.01 Å². The highest BCUT2D eigenvalue weighted by Gasteiger charge is 2.35. The summed E-state index contributed by atoms with van der Waals surface area (Å²) in [7, 11) is 3.36. The molecule has 0 radical (unpaired) electrons. The molecule has 2 aromatic carbocycles. The molecule has 0 unspecified atom stereocenters. The number of carbonyl (C=O) groups is 2. The van der Waals surface area contributed by atoms with E-state index in [9.17, 15) is 22.8 Å². The fraction of sp³-hybridized carbons (Fsp3) is 0.296. The number of halogens is 3. The molecule has 0 saturated carbocycles. The molecule has 194 valence electrons. The number of methoxy groups -OCH3 is 1. The molecule has 1 aliphatic rings. The molecule has 1 atom stereocenters. The predicted molar refractivity (Wildman–Crippen MR) is 132 cm³/mol.